The standard InChI is InChI=1S/C32H46N2O5.ClH/c1-5-15-33(16-6-2)19-9-21-37-31(35)25-11-13-29-27(23-25)28-24-26(12-14-30(28)39-29)32(36)38-22-10-20-34(17-7-3)18-8-4;/h11-14,23-24H,5-10,15-22H2,1-4H3;1H. The summed E-state index contributed by atoms with van der Waals surface area (Å²) in [4.78, 5) is 30.3. The Kier molecular flexibility index (Phi) is 15.1. The highest BCUT2D eigenvalue weighted by atomic mass is 35.5. The van der Waals surface area contributed by atoms with E-state index in [9.17, 15) is 9.59 Å². The number of halogens is 1. The maximum atomic E-state index is 12.8. The highest BCUT2D eigenvalue weighted by molar-refractivity contribution is 6.09. The number of benzene rings is 2. The molecule has 8 heteroatoms. The van der Waals surface area contributed by atoms with E-state index < -0.39 is 0 Å². The van der Waals surface area contributed by atoms with Gasteiger partial charge in [0.1, 0.15) is 11.2 Å². The summed E-state index contributed by atoms with van der Waals surface area (Å²) < 4.78 is 17.1. The van der Waals surface area contributed by atoms with Crippen LogP contribution in [-0.2, 0) is 9.47 Å². The van der Waals surface area contributed by atoms with Crippen LogP contribution in [-0.4, -0.2) is 74.2 Å². The second-order valence-corrected chi connectivity index (χ2v) is 10.2. The van der Waals surface area contributed by atoms with E-state index >= 15 is 0 Å². The van der Waals surface area contributed by atoms with Crippen LogP contribution in [0.5, 0.6) is 0 Å². The number of ether oxygens (including phenoxy) is 2. The first-order chi connectivity index (χ1) is 19.0. The van der Waals surface area contributed by atoms with E-state index in [0.717, 1.165) is 88.6 Å². The Balaban J connectivity index is 0.00000560. The van der Waals surface area contributed by atoms with E-state index in [2.05, 4.69) is 37.5 Å². The van der Waals surface area contributed by atoms with Crippen molar-refractivity contribution in [2.75, 3.05) is 52.5 Å². The van der Waals surface area contributed by atoms with Gasteiger partial charge in [0.05, 0.1) is 24.3 Å². The molecule has 7 nitrogen and oxygen atoms in total. The zero-order valence-electron chi connectivity index (χ0n) is 24.7. The molecule has 0 aliphatic heterocycles. The summed E-state index contributed by atoms with van der Waals surface area (Å²) >= 11 is 0. The number of nitrogens with zero attached hydrogens (tertiary/aromatic N) is 2. The molecule has 0 aliphatic rings. The molecular formula is C32H47ClN2O5. The van der Waals surface area contributed by atoms with Crippen molar-refractivity contribution >= 4 is 46.3 Å². The molecule has 0 aliphatic carbocycles. The van der Waals surface area contributed by atoms with Crippen molar-refractivity contribution < 1.29 is 23.5 Å². The number of fused-ring (bicyclic) bond motifs is 3. The Morgan fingerprint density at radius 2 is 1.00 bits per heavy atom. The first kappa shape index (κ1) is 33.6. The number of hydrogen-bond donors (Lipinski definition) is 0. The largest absolute Gasteiger partial charge is 0.462 e. The normalized spacial score (nSPS) is 11.3. The molecule has 0 unspecified atom stereocenters. The molecule has 0 saturated heterocycles. The van der Waals surface area contributed by atoms with Crippen LogP contribution in [0.4, 0.5) is 0 Å². The smallest absolute Gasteiger partial charge is 0.338 e. The van der Waals surface area contributed by atoms with Gasteiger partial charge >= 0.3 is 11.9 Å². The van der Waals surface area contributed by atoms with Gasteiger partial charge in [-0.25, -0.2) is 9.59 Å². The molecule has 0 fully saturated rings. The highest BCUT2D eigenvalue weighted by Crippen LogP contribution is 2.30. The first-order valence-electron chi connectivity index (χ1n) is 14.8. The van der Waals surface area contributed by atoms with Gasteiger partial charge in [0, 0.05) is 23.9 Å². The number of furan rings is 1. The van der Waals surface area contributed by atoms with E-state index in [4.69, 9.17) is 13.9 Å². The Morgan fingerprint density at radius 1 is 0.625 bits per heavy atom. The highest BCUT2D eigenvalue weighted by Gasteiger charge is 2.16. The van der Waals surface area contributed by atoms with Gasteiger partial charge in [-0.15, -0.1) is 12.4 Å². The van der Waals surface area contributed by atoms with Crippen LogP contribution >= 0.6 is 12.4 Å². The lowest BCUT2D eigenvalue weighted by atomic mass is 10.1. The molecule has 0 radical (unpaired) electrons. The molecule has 3 aromatic rings. The molecule has 1 aromatic heterocycles. The van der Waals surface area contributed by atoms with Crippen molar-refractivity contribution in [3.63, 3.8) is 0 Å². The van der Waals surface area contributed by atoms with Gasteiger partial charge in [-0.2, -0.15) is 0 Å². The molecule has 0 bridgehead atoms. The molecular weight excluding hydrogens is 528 g/mol. The minimum absolute atomic E-state index is 0. The molecule has 40 heavy (non-hydrogen) atoms. The summed E-state index contributed by atoms with van der Waals surface area (Å²) in [5.74, 6) is -0.695. The first-order valence-corrected chi connectivity index (χ1v) is 14.8. The third-order valence-electron chi connectivity index (χ3n) is 6.80. The summed E-state index contributed by atoms with van der Waals surface area (Å²) in [6.45, 7) is 15.6. The maximum absolute atomic E-state index is 12.8. The van der Waals surface area contributed by atoms with Crippen molar-refractivity contribution in [1.29, 1.82) is 0 Å². The Hall–Kier alpha value is -2.61. The van der Waals surface area contributed by atoms with Crippen LogP contribution in [0.2, 0.25) is 0 Å². The summed E-state index contributed by atoms with van der Waals surface area (Å²) in [6, 6.07) is 10.6. The predicted molar refractivity (Wildman–Crippen MR) is 165 cm³/mol. The minimum atomic E-state index is -0.348. The van der Waals surface area contributed by atoms with Crippen LogP contribution in [0.25, 0.3) is 21.9 Å². The Bertz CT molecular complexity index is 1090. The van der Waals surface area contributed by atoms with Gasteiger partial charge in [0.2, 0.25) is 0 Å². The fourth-order valence-electron chi connectivity index (χ4n) is 5.04. The molecule has 1 heterocycles. The molecule has 0 saturated carbocycles. The maximum Gasteiger partial charge on any atom is 0.338 e. The van der Waals surface area contributed by atoms with E-state index in [1.165, 1.54) is 0 Å². The average Bonchev–Trinajstić information content (AvgIpc) is 3.30. The molecule has 0 amide bonds. The summed E-state index contributed by atoms with van der Waals surface area (Å²) in [6.07, 6.45) is 6.10. The molecule has 0 N–H and O–H groups in total. The van der Waals surface area contributed by atoms with Crippen molar-refractivity contribution in [3.8, 4) is 0 Å². The fraction of sp³-hybridized carbons (Fsp3) is 0.562. The molecule has 0 spiro atoms. The number of rotatable bonds is 18. The number of hydrogen-bond acceptors (Lipinski definition) is 7. The third kappa shape index (κ3) is 9.79. The predicted octanol–water partition coefficient (Wildman–Crippen LogP) is 7.35. The van der Waals surface area contributed by atoms with E-state index in [1.54, 1.807) is 36.4 Å². The van der Waals surface area contributed by atoms with Crippen LogP contribution in [0.1, 0.15) is 86.9 Å². The third-order valence-corrected chi connectivity index (χ3v) is 6.80. The summed E-state index contributed by atoms with van der Waals surface area (Å²) in [7, 11) is 0. The van der Waals surface area contributed by atoms with Gasteiger partial charge < -0.3 is 23.7 Å². The molecule has 2 aromatic carbocycles. The second-order valence-electron chi connectivity index (χ2n) is 10.2. The van der Waals surface area contributed by atoms with Crippen LogP contribution < -0.4 is 0 Å². The van der Waals surface area contributed by atoms with Crippen LogP contribution in [0.3, 0.4) is 0 Å². The zero-order valence-corrected chi connectivity index (χ0v) is 25.5. The number of esters is 2. The van der Waals surface area contributed by atoms with E-state index in [-0.39, 0.29) is 24.3 Å². The molecule has 0 atom stereocenters. The quantitative estimate of drug-likeness (QED) is 0.116. The Morgan fingerprint density at radius 3 is 1.35 bits per heavy atom. The topological polar surface area (TPSA) is 72.2 Å². The lowest BCUT2D eigenvalue weighted by molar-refractivity contribution is 0.0479. The van der Waals surface area contributed by atoms with Crippen molar-refractivity contribution in [2.45, 2.75) is 66.2 Å². The van der Waals surface area contributed by atoms with E-state index in [0.29, 0.717) is 35.5 Å². The summed E-state index contributed by atoms with van der Waals surface area (Å²) in [5, 5.41) is 1.56. The number of carbonyl (C=O) groups is 2. The minimum Gasteiger partial charge on any atom is -0.462 e. The molecule has 222 valence electrons. The fourth-order valence-corrected chi connectivity index (χ4v) is 5.04. The molecule has 3 rings (SSSR count). The van der Waals surface area contributed by atoms with Crippen molar-refractivity contribution in [2.24, 2.45) is 0 Å². The van der Waals surface area contributed by atoms with Gasteiger partial charge in [0.15, 0.2) is 0 Å². The average molecular weight is 575 g/mol. The SMILES string of the molecule is CCCN(CCC)CCCOC(=O)c1ccc2oc3ccc(C(=O)OCCCN(CCC)CCC)cc3c2c1.Cl. The lowest BCUT2D eigenvalue weighted by Gasteiger charge is -2.20. The monoisotopic (exact) mass is 574 g/mol. The number of carbonyl (C=O) groups excluding carboxylic acids is 2. The Labute approximate surface area is 245 Å². The van der Waals surface area contributed by atoms with Gasteiger partial charge in [0.25, 0.3) is 0 Å². The van der Waals surface area contributed by atoms with Crippen LogP contribution in [0.15, 0.2) is 40.8 Å². The lowest BCUT2D eigenvalue weighted by Crippen LogP contribution is -2.27. The summed E-state index contributed by atoms with van der Waals surface area (Å²) in [5.41, 5.74) is 2.27. The van der Waals surface area contributed by atoms with Crippen molar-refractivity contribution in [1.82, 2.24) is 9.80 Å². The second kappa shape index (κ2) is 17.9. The van der Waals surface area contributed by atoms with Crippen molar-refractivity contribution in [3.05, 3.63) is 47.5 Å². The zero-order chi connectivity index (χ0) is 28.0. The van der Waals surface area contributed by atoms with Gasteiger partial charge in [-0.05, 0) is 101 Å². The van der Waals surface area contributed by atoms with E-state index in [1.807, 2.05) is 0 Å². The van der Waals surface area contributed by atoms with Gasteiger partial charge in [-0.1, -0.05) is 27.7 Å². The van der Waals surface area contributed by atoms with Gasteiger partial charge in [-0.3, -0.25) is 0 Å². The van der Waals surface area contributed by atoms with Crippen LogP contribution in [0, 0.1) is 0 Å².